The highest BCUT2D eigenvalue weighted by Gasteiger charge is 2.17. The molecule has 0 unspecified atom stereocenters. The van der Waals surface area contributed by atoms with Gasteiger partial charge in [0.15, 0.2) is 0 Å². The van der Waals surface area contributed by atoms with E-state index in [9.17, 15) is 9.59 Å². The summed E-state index contributed by atoms with van der Waals surface area (Å²) in [7, 11) is 1.34. The molecule has 18 heavy (non-hydrogen) atoms. The van der Waals surface area contributed by atoms with Gasteiger partial charge in [0.05, 0.1) is 20.2 Å². The molecule has 0 spiro atoms. The Morgan fingerprint density at radius 2 is 1.72 bits per heavy atom. The van der Waals surface area contributed by atoms with Gasteiger partial charge in [-0.15, -0.1) is 0 Å². The molecule has 0 fully saturated rings. The van der Waals surface area contributed by atoms with E-state index in [2.05, 4.69) is 11.3 Å². The van der Waals surface area contributed by atoms with Crippen LogP contribution < -0.4 is 0 Å². The molecular weight excluding hydrogens is 232 g/mol. The number of rotatable bonds is 8. The Morgan fingerprint density at radius 3 is 2.11 bits per heavy atom. The van der Waals surface area contributed by atoms with Gasteiger partial charge in [0.2, 0.25) is 5.91 Å². The molecule has 104 valence electrons. The van der Waals surface area contributed by atoms with E-state index in [1.165, 1.54) is 7.11 Å². The second-order valence-corrected chi connectivity index (χ2v) is 4.24. The first-order chi connectivity index (χ1) is 8.44. The third kappa shape index (κ3) is 6.39. The number of carbonyl (C=O) groups is 2. The fourth-order valence-corrected chi connectivity index (χ4v) is 1.52. The number of likely N-dealkylation sites (N-methyl/N-ethyl adjacent to an activating group) is 2. The van der Waals surface area contributed by atoms with Crippen LogP contribution in [0.15, 0.2) is 12.2 Å². The van der Waals surface area contributed by atoms with Gasteiger partial charge in [0, 0.05) is 13.1 Å². The minimum absolute atomic E-state index is 0.00579. The van der Waals surface area contributed by atoms with Crippen molar-refractivity contribution in [2.75, 3.05) is 39.8 Å². The zero-order valence-electron chi connectivity index (χ0n) is 11.9. The lowest BCUT2D eigenvalue weighted by Gasteiger charge is -2.25. The predicted molar refractivity (Wildman–Crippen MR) is 71.2 cm³/mol. The second-order valence-electron chi connectivity index (χ2n) is 4.24. The van der Waals surface area contributed by atoms with Crippen molar-refractivity contribution in [1.82, 2.24) is 9.80 Å². The number of esters is 1. The predicted octanol–water partition coefficient (Wildman–Crippen LogP) is 0.906. The van der Waals surface area contributed by atoms with Gasteiger partial charge < -0.3 is 9.64 Å². The van der Waals surface area contributed by atoms with E-state index in [0.29, 0.717) is 19.6 Å². The van der Waals surface area contributed by atoms with Crippen LogP contribution in [-0.2, 0) is 14.3 Å². The molecule has 0 aromatic rings. The molecule has 0 atom stereocenters. The van der Waals surface area contributed by atoms with Crippen molar-refractivity contribution in [1.29, 1.82) is 0 Å². The van der Waals surface area contributed by atoms with Crippen LogP contribution in [0.5, 0.6) is 0 Å². The normalized spacial score (nSPS) is 10.3. The van der Waals surface area contributed by atoms with Gasteiger partial charge in [-0.1, -0.05) is 19.1 Å². The molecular formula is C13H24N2O3. The maximum absolute atomic E-state index is 12.0. The lowest BCUT2D eigenvalue weighted by atomic mass is 10.3. The van der Waals surface area contributed by atoms with Gasteiger partial charge in [0.1, 0.15) is 0 Å². The third-order valence-corrected chi connectivity index (χ3v) is 2.58. The average Bonchev–Trinajstić information content (AvgIpc) is 2.34. The minimum atomic E-state index is -0.326. The van der Waals surface area contributed by atoms with Gasteiger partial charge in [-0.3, -0.25) is 14.5 Å². The highest BCUT2D eigenvalue weighted by atomic mass is 16.5. The molecule has 5 nitrogen and oxygen atoms in total. The Bertz CT molecular complexity index is 303. The summed E-state index contributed by atoms with van der Waals surface area (Å²) < 4.78 is 4.60. The van der Waals surface area contributed by atoms with E-state index in [1.807, 2.05) is 20.8 Å². The summed E-state index contributed by atoms with van der Waals surface area (Å²) in [5.41, 5.74) is 0.946. The van der Waals surface area contributed by atoms with E-state index >= 15 is 0 Å². The number of carbonyl (C=O) groups excluding carboxylic acids is 2. The van der Waals surface area contributed by atoms with E-state index in [4.69, 9.17) is 0 Å². The van der Waals surface area contributed by atoms with Gasteiger partial charge >= 0.3 is 5.97 Å². The maximum Gasteiger partial charge on any atom is 0.319 e. The summed E-state index contributed by atoms with van der Waals surface area (Å²) in [5, 5.41) is 0. The number of hydrogen-bond acceptors (Lipinski definition) is 4. The van der Waals surface area contributed by atoms with Gasteiger partial charge in [-0.05, 0) is 20.4 Å². The molecule has 0 bridgehead atoms. The molecule has 0 saturated heterocycles. The summed E-state index contributed by atoms with van der Waals surface area (Å²) in [5.74, 6) is -0.321. The fourth-order valence-electron chi connectivity index (χ4n) is 1.52. The van der Waals surface area contributed by atoms with Crippen LogP contribution in [0.4, 0.5) is 0 Å². The lowest BCUT2D eigenvalue weighted by Crippen LogP contribution is -2.42. The first-order valence-corrected chi connectivity index (χ1v) is 6.15. The van der Waals surface area contributed by atoms with Crippen molar-refractivity contribution in [2.24, 2.45) is 0 Å². The van der Waals surface area contributed by atoms with Crippen molar-refractivity contribution in [3.63, 3.8) is 0 Å². The molecule has 0 aromatic heterocycles. The summed E-state index contributed by atoms with van der Waals surface area (Å²) in [4.78, 5) is 26.7. The van der Waals surface area contributed by atoms with Crippen molar-refractivity contribution in [3.8, 4) is 0 Å². The smallest absolute Gasteiger partial charge is 0.319 e. The zero-order valence-corrected chi connectivity index (χ0v) is 11.9. The largest absolute Gasteiger partial charge is 0.468 e. The Balaban J connectivity index is 4.39. The minimum Gasteiger partial charge on any atom is -0.468 e. The van der Waals surface area contributed by atoms with Crippen LogP contribution in [0, 0.1) is 0 Å². The maximum atomic E-state index is 12.0. The number of nitrogens with zero attached hydrogens (tertiary/aromatic N) is 2. The highest BCUT2D eigenvalue weighted by Crippen LogP contribution is 1.99. The number of amides is 1. The van der Waals surface area contributed by atoms with Crippen LogP contribution in [0.1, 0.15) is 20.8 Å². The van der Waals surface area contributed by atoms with Crippen molar-refractivity contribution in [2.45, 2.75) is 20.8 Å². The summed E-state index contributed by atoms with van der Waals surface area (Å²) >= 11 is 0. The molecule has 0 N–H and O–H groups in total. The van der Waals surface area contributed by atoms with Crippen LogP contribution in [-0.4, -0.2) is 61.5 Å². The topological polar surface area (TPSA) is 49.9 Å². The molecule has 0 aromatic carbocycles. The Hall–Kier alpha value is -1.36. The molecule has 0 aliphatic rings. The Labute approximate surface area is 109 Å². The van der Waals surface area contributed by atoms with Gasteiger partial charge in [-0.25, -0.2) is 0 Å². The second kappa shape index (κ2) is 8.69. The third-order valence-electron chi connectivity index (χ3n) is 2.58. The van der Waals surface area contributed by atoms with Crippen molar-refractivity contribution in [3.05, 3.63) is 12.2 Å². The molecule has 0 aliphatic carbocycles. The van der Waals surface area contributed by atoms with Crippen molar-refractivity contribution < 1.29 is 14.3 Å². The standard InChI is InChI=1S/C13H24N2O3/c1-6-14(10-13(17)18-5)9-12(16)15(7-2)8-11(3)4/h3,6-10H2,1-2,4-5H3. The Morgan fingerprint density at radius 1 is 1.11 bits per heavy atom. The number of methoxy groups -OCH3 is 1. The molecule has 0 rings (SSSR count). The van der Waals surface area contributed by atoms with E-state index < -0.39 is 0 Å². The van der Waals surface area contributed by atoms with Crippen LogP contribution >= 0.6 is 0 Å². The summed E-state index contributed by atoms with van der Waals surface area (Å²) in [6, 6.07) is 0. The van der Waals surface area contributed by atoms with Crippen LogP contribution in [0.25, 0.3) is 0 Å². The summed E-state index contributed by atoms with van der Waals surface area (Å²) in [6.07, 6.45) is 0. The summed E-state index contributed by atoms with van der Waals surface area (Å²) in [6.45, 7) is 11.7. The molecule has 0 radical (unpaired) electrons. The van der Waals surface area contributed by atoms with E-state index in [1.54, 1.807) is 9.80 Å². The highest BCUT2D eigenvalue weighted by molar-refractivity contribution is 5.79. The Kier molecular flexibility index (Phi) is 8.03. The van der Waals surface area contributed by atoms with Gasteiger partial charge in [-0.2, -0.15) is 0 Å². The quantitative estimate of drug-likeness (QED) is 0.478. The first-order valence-electron chi connectivity index (χ1n) is 6.15. The molecule has 1 amide bonds. The van der Waals surface area contributed by atoms with E-state index in [-0.39, 0.29) is 25.0 Å². The molecule has 0 aliphatic heterocycles. The number of hydrogen-bond donors (Lipinski definition) is 0. The first kappa shape index (κ1) is 16.6. The van der Waals surface area contributed by atoms with Crippen molar-refractivity contribution >= 4 is 11.9 Å². The van der Waals surface area contributed by atoms with Gasteiger partial charge in [0.25, 0.3) is 0 Å². The zero-order chi connectivity index (χ0) is 14.1. The van der Waals surface area contributed by atoms with Crippen LogP contribution in [0.2, 0.25) is 0 Å². The van der Waals surface area contributed by atoms with Crippen LogP contribution in [0.3, 0.4) is 0 Å². The molecule has 0 saturated carbocycles. The average molecular weight is 256 g/mol. The molecule has 0 heterocycles. The van der Waals surface area contributed by atoms with E-state index in [0.717, 1.165) is 5.57 Å². The monoisotopic (exact) mass is 256 g/mol. The fraction of sp³-hybridized carbons (Fsp3) is 0.692. The molecule has 5 heteroatoms. The number of ether oxygens (including phenoxy) is 1. The lowest BCUT2D eigenvalue weighted by molar-refractivity contribution is -0.142. The SMILES string of the molecule is C=C(C)CN(CC)C(=O)CN(CC)CC(=O)OC.